The zero-order valence-corrected chi connectivity index (χ0v) is 5.78. The molecule has 1 aromatic rings. The Morgan fingerprint density at radius 1 is 1.60 bits per heavy atom. The van der Waals surface area contributed by atoms with Crippen LogP contribution in [0.1, 0.15) is 6.92 Å². The second-order valence-electron chi connectivity index (χ2n) is 2.02. The van der Waals surface area contributed by atoms with Gasteiger partial charge in [0, 0.05) is 12.4 Å². The number of hydrogen-bond donors (Lipinski definition) is 2. The van der Waals surface area contributed by atoms with Gasteiger partial charge in [0.2, 0.25) is 0 Å². The van der Waals surface area contributed by atoms with Gasteiger partial charge in [0.25, 0.3) is 0 Å². The third-order valence-electron chi connectivity index (χ3n) is 0.939. The molecule has 0 aliphatic rings. The molecule has 4 heteroatoms. The number of aromatic nitrogens is 2. The van der Waals surface area contributed by atoms with Crippen LogP contribution in [-0.4, -0.2) is 16.1 Å². The van der Waals surface area contributed by atoms with E-state index in [1.54, 1.807) is 18.6 Å². The van der Waals surface area contributed by atoms with E-state index in [1.807, 2.05) is 6.92 Å². The van der Waals surface area contributed by atoms with E-state index in [0.717, 1.165) is 0 Å². The van der Waals surface area contributed by atoms with Crippen LogP contribution in [0.25, 0.3) is 0 Å². The molecule has 0 spiro atoms. The first-order valence-electron chi connectivity index (χ1n) is 3.07. The number of nitrogens with two attached hydrogens (primary N) is 1. The molecule has 1 rings (SSSR count). The lowest BCUT2D eigenvalue weighted by atomic mass is 10.5. The topological polar surface area (TPSA) is 63.8 Å². The van der Waals surface area contributed by atoms with Crippen molar-refractivity contribution < 1.29 is 0 Å². The van der Waals surface area contributed by atoms with Crippen molar-refractivity contribution in [3.05, 3.63) is 18.6 Å². The van der Waals surface area contributed by atoms with Crippen molar-refractivity contribution in [2.24, 2.45) is 5.73 Å². The zero-order valence-electron chi connectivity index (χ0n) is 5.78. The molecule has 0 saturated heterocycles. The molecule has 0 fully saturated rings. The van der Waals surface area contributed by atoms with Crippen LogP contribution in [0.5, 0.6) is 0 Å². The van der Waals surface area contributed by atoms with Gasteiger partial charge in [-0.2, -0.15) is 0 Å². The number of anilines is 1. The third kappa shape index (κ3) is 1.99. The Hall–Kier alpha value is -1.16. The van der Waals surface area contributed by atoms with E-state index in [1.165, 1.54) is 0 Å². The van der Waals surface area contributed by atoms with Crippen LogP contribution in [0.15, 0.2) is 18.6 Å². The normalized spacial score (nSPS) is 12.6. The molecule has 4 nitrogen and oxygen atoms in total. The molecule has 0 radical (unpaired) electrons. The molecule has 0 amide bonds. The molecule has 0 aromatic carbocycles. The Balaban J connectivity index is 2.59. The lowest BCUT2D eigenvalue weighted by Crippen LogP contribution is -2.25. The summed E-state index contributed by atoms with van der Waals surface area (Å²) in [6.07, 6.45) is 4.78. The molecule has 3 N–H and O–H groups in total. The molecule has 0 bridgehead atoms. The summed E-state index contributed by atoms with van der Waals surface area (Å²) in [4.78, 5) is 7.82. The van der Waals surface area contributed by atoms with Crippen molar-refractivity contribution >= 4 is 5.82 Å². The van der Waals surface area contributed by atoms with Gasteiger partial charge in [0.05, 0.1) is 12.4 Å². The minimum Gasteiger partial charge on any atom is -0.354 e. The van der Waals surface area contributed by atoms with E-state index in [4.69, 9.17) is 5.73 Å². The number of hydrogen-bond acceptors (Lipinski definition) is 4. The van der Waals surface area contributed by atoms with Gasteiger partial charge >= 0.3 is 0 Å². The highest BCUT2D eigenvalue weighted by Gasteiger charge is 1.92. The summed E-state index contributed by atoms with van der Waals surface area (Å²) in [6.45, 7) is 1.84. The molecule has 1 unspecified atom stereocenters. The van der Waals surface area contributed by atoms with Gasteiger partial charge in [0.15, 0.2) is 0 Å². The highest BCUT2D eigenvalue weighted by molar-refractivity contribution is 5.30. The molecule has 54 valence electrons. The van der Waals surface area contributed by atoms with Crippen molar-refractivity contribution in [1.82, 2.24) is 9.97 Å². The van der Waals surface area contributed by atoms with E-state index in [2.05, 4.69) is 15.3 Å². The summed E-state index contributed by atoms with van der Waals surface area (Å²) in [6, 6.07) is 0. The van der Waals surface area contributed by atoms with Crippen LogP contribution in [0.4, 0.5) is 5.82 Å². The molecule has 10 heavy (non-hydrogen) atoms. The molecular formula is C6H10N4. The molecule has 0 aliphatic heterocycles. The Kier molecular flexibility index (Phi) is 2.17. The van der Waals surface area contributed by atoms with E-state index in [-0.39, 0.29) is 6.17 Å². The molecule has 1 atom stereocenters. The maximum absolute atomic E-state index is 5.45. The first-order chi connectivity index (χ1) is 4.79. The van der Waals surface area contributed by atoms with E-state index in [0.29, 0.717) is 5.82 Å². The summed E-state index contributed by atoms with van der Waals surface area (Å²) >= 11 is 0. The SMILES string of the molecule is CC(N)Nc1cnccn1. The lowest BCUT2D eigenvalue weighted by Gasteiger charge is -2.06. The minimum absolute atomic E-state index is 0.0864. The first-order valence-corrected chi connectivity index (χ1v) is 3.07. The average Bonchev–Trinajstić information content (AvgIpc) is 1.88. The summed E-state index contributed by atoms with van der Waals surface area (Å²) in [5, 5.41) is 2.91. The highest BCUT2D eigenvalue weighted by atomic mass is 15.1. The van der Waals surface area contributed by atoms with Gasteiger partial charge in [-0.25, -0.2) is 4.98 Å². The molecule has 0 aliphatic carbocycles. The van der Waals surface area contributed by atoms with Crippen molar-refractivity contribution in [2.75, 3.05) is 5.32 Å². The highest BCUT2D eigenvalue weighted by Crippen LogP contribution is 1.96. The fourth-order valence-corrected chi connectivity index (χ4v) is 0.607. The fraction of sp³-hybridized carbons (Fsp3) is 0.333. The third-order valence-corrected chi connectivity index (χ3v) is 0.939. The van der Waals surface area contributed by atoms with Crippen LogP contribution >= 0.6 is 0 Å². The maximum Gasteiger partial charge on any atom is 0.145 e. The van der Waals surface area contributed by atoms with Crippen LogP contribution < -0.4 is 11.1 Å². The van der Waals surface area contributed by atoms with Crippen LogP contribution in [0, 0.1) is 0 Å². The smallest absolute Gasteiger partial charge is 0.145 e. The van der Waals surface area contributed by atoms with Crippen molar-refractivity contribution in [3.63, 3.8) is 0 Å². The van der Waals surface area contributed by atoms with Crippen molar-refractivity contribution in [2.45, 2.75) is 13.1 Å². The Morgan fingerprint density at radius 3 is 2.90 bits per heavy atom. The fourth-order valence-electron chi connectivity index (χ4n) is 0.607. The number of rotatable bonds is 2. The van der Waals surface area contributed by atoms with E-state index < -0.39 is 0 Å². The van der Waals surface area contributed by atoms with Crippen LogP contribution in [0.2, 0.25) is 0 Å². The Morgan fingerprint density at radius 2 is 2.40 bits per heavy atom. The standard InChI is InChI=1S/C6H10N4/c1-5(7)10-6-4-8-2-3-9-6/h2-5H,7H2,1H3,(H,9,10). The van der Waals surface area contributed by atoms with Crippen LogP contribution in [-0.2, 0) is 0 Å². The second-order valence-corrected chi connectivity index (χ2v) is 2.02. The van der Waals surface area contributed by atoms with Gasteiger partial charge in [-0.1, -0.05) is 0 Å². The Bertz CT molecular complexity index is 184. The predicted molar refractivity (Wildman–Crippen MR) is 39.3 cm³/mol. The van der Waals surface area contributed by atoms with Gasteiger partial charge in [-0.05, 0) is 6.92 Å². The van der Waals surface area contributed by atoms with E-state index >= 15 is 0 Å². The summed E-state index contributed by atoms with van der Waals surface area (Å²) < 4.78 is 0. The monoisotopic (exact) mass is 138 g/mol. The first kappa shape index (κ1) is 6.95. The maximum atomic E-state index is 5.45. The second kappa shape index (κ2) is 3.12. The Labute approximate surface area is 59.5 Å². The molecule has 1 aromatic heterocycles. The quantitative estimate of drug-likeness (QED) is 0.573. The summed E-state index contributed by atoms with van der Waals surface area (Å²) in [5.74, 6) is 0.706. The van der Waals surface area contributed by atoms with Gasteiger partial charge in [0.1, 0.15) is 5.82 Å². The zero-order chi connectivity index (χ0) is 7.40. The average molecular weight is 138 g/mol. The lowest BCUT2D eigenvalue weighted by molar-refractivity contribution is 0.841. The summed E-state index contributed by atoms with van der Waals surface area (Å²) in [5.41, 5.74) is 5.45. The molecular weight excluding hydrogens is 128 g/mol. The largest absolute Gasteiger partial charge is 0.354 e. The summed E-state index contributed by atoms with van der Waals surface area (Å²) in [7, 11) is 0. The minimum atomic E-state index is -0.0864. The van der Waals surface area contributed by atoms with E-state index in [9.17, 15) is 0 Å². The molecule has 1 heterocycles. The number of nitrogens with zero attached hydrogens (tertiary/aromatic N) is 2. The van der Waals surface area contributed by atoms with Gasteiger partial charge in [-0.15, -0.1) is 0 Å². The number of nitrogens with one attached hydrogen (secondary N) is 1. The van der Waals surface area contributed by atoms with Gasteiger partial charge < -0.3 is 11.1 Å². The van der Waals surface area contributed by atoms with Crippen LogP contribution in [0.3, 0.4) is 0 Å². The predicted octanol–water partition coefficient (Wildman–Crippen LogP) is 0.193. The van der Waals surface area contributed by atoms with Gasteiger partial charge in [-0.3, -0.25) is 4.98 Å². The molecule has 0 saturated carbocycles. The van der Waals surface area contributed by atoms with Crippen molar-refractivity contribution in [1.29, 1.82) is 0 Å². The van der Waals surface area contributed by atoms with Crippen molar-refractivity contribution in [3.8, 4) is 0 Å².